The first kappa shape index (κ1) is 21.2. The van der Waals surface area contributed by atoms with Gasteiger partial charge < -0.3 is 9.47 Å². The zero-order valence-electron chi connectivity index (χ0n) is 18.4. The molecule has 2 aliphatic rings. The van der Waals surface area contributed by atoms with Gasteiger partial charge in [-0.2, -0.15) is 0 Å². The molecule has 0 amide bonds. The number of ether oxygens (including phenoxy) is 2. The Kier molecular flexibility index (Phi) is 6.03. The van der Waals surface area contributed by atoms with Crippen LogP contribution in [0.3, 0.4) is 0 Å². The van der Waals surface area contributed by atoms with Crippen LogP contribution >= 0.6 is 11.6 Å². The molecule has 0 saturated heterocycles. The highest BCUT2D eigenvalue weighted by Gasteiger charge is 2.44. The Morgan fingerprint density at radius 1 is 0.969 bits per heavy atom. The van der Waals surface area contributed by atoms with Gasteiger partial charge in [0.1, 0.15) is 5.75 Å². The van der Waals surface area contributed by atoms with Gasteiger partial charge in [-0.15, -0.1) is 0 Å². The van der Waals surface area contributed by atoms with Crippen molar-refractivity contribution in [1.82, 2.24) is 0 Å². The molecular weight excluding hydrogens is 418 g/mol. The van der Waals surface area contributed by atoms with Crippen molar-refractivity contribution >= 4 is 17.3 Å². The van der Waals surface area contributed by atoms with Crippen LogP contribution in [-0.4, -0.2) is 19.0 Å². The van der Waals surface area contributed by atoms with Crippen molar-refractivity contribution in [2.75, 3.05) is 7.11 Å². The monoisotopic (exact) mass is 445 g/mol. The lowest BCUT2D eigenvalue weighted by atomic mass is 9.70. The second kappa shape index (κ2) is 9.09. The van der Waals surface area contributed by atoms with E-state index in [1.54, 1.807) is 7.11 Å². The second-order valence-corrected chi connectivity index (χ2v) is 9.13. The molecule has 0 radical (unpaired) electrons. The predicted octanol–water partition coefficient (Wildman–Crippen LogP) is 6.75. The van der Waals surface area contributed by atoms with Gasteiger partial charge in [0, 0.05) is 22.4 Å². The topological polar surface area (TPSA) is 30.8 Å². The van der Waals surface area contributed by atoms with Gasteiger partial charge in [-0.3, -0.25) is 4.99 Å². The summed E-state index contributed by atoms with van der Waals surface area (Å²) in [6, 6.07) is 24.9. The average Bonchev–Trinajstić information content (AvgIpc) is 3.33. The number of methoxy groups -OCH3 is 1. The molecule has 32 heavy (non-hydrogen) atoms. The summed E-state index contributed by atoms with van der Waals surface area (Å²) in [5, 5.41) is 0.819. The molecule has 1 atom stereocenters. The normalized spacial score (nSPS) is 19.3. The maximum absolute atomic E-state index is 6.76. The molecule has 3 aromatic rings. The van der Waals surface area contributed by atoms with E-state index in [4.69, 9.17) is 26.1 Å². The highest BCUT2D eigenvalue weighted by molar-refractivity contribution is 6.32. The lowest BCUT2D eigenvalue weighted by Gasteiger charge is -2.37. The minimum Gasteiger partial charge on any atom is -0.497 e. The van der Waals surface area contributed by atoms with Gasteiger partial charge in [-0.1, -0.05) is 73.0 Å². The molecule has 0 spiro atoms. The van der Waals surface area contributed by atoms with Gasteiger partial charge in [0.05, 0.1) is 19.4 Å². The van der Waals surface area contributed by atoms with E-state index in [0.29, 0.717) is 6.61 Å². The molecule has 1 aliphatic carbocycles. The van der Waals surface area contributed by atoms with E-state index in [2.05, 4.69) is 36.4 Å². The van der Waals surface area contributed by atoms with E-state index >= 15 is 0 Å². The van der Waals surface area contributed by atoms with Gasteiger partial charge in [-0.05, 0) is 53.8 Å². The number of benzene rings is 3. The first-order valence-corrected chi connectivity index (χ1v) is 11.7. The largest absolute Gasteiger partial charge is 0.497 e. The zero-order chi connectivity index (χ0) is 22.0. The molecule has 5 rings (SSSR count). The molecule has 1 saturated carbocycles. The second-order valence-electron chi connectivity index (χ2n) is 8.73. The highest BCUT2D eigenvalue weighted by atomic mass is 35.5. The Morgan fingerprint density at radius 2 is 1.72 bits per heavy atom. The standard InChI is InChI=1S/C28H28ClNO2/c1-31-22-13-14-23-21(17-22)18-26(32-19-20-9-3-2-4-10-20)30-27(23)28(15-7-8-16-28)24-11-5-6-12-25(24)29/h2-6,9-14,17,26H,7-8,15-16,18-19H2,1H3. The minimum absolute atomic E-state index is 0.184. The fourth-order valence-electron chi connectivity index (χ4n) is 5.25. The van der Waals surface area contributed by atoms with Crippen LogP contribution < -0.4 is 4.74 Å². The molecule has 1 unspecified atom stereocenters. The Balaban J connectivity index is 1.58. The van der Waals surface area contributed by atoms with E-state index in [1.165, 1.54) is 29.5 Å². The molecule has 1 fully saturated rings. The molecule has 3 nitrogen and oxygen atoms in total. The third-order valence-electron chi connectivity index (χ3n) is 6.82. The first-order chi connectivity index (χ1) is 15.7. The van der Waals surface area contributed by atoms with Crippen molar-refractivity contribution in [2.24, 2.45) is 4.99 Å². The molecule has 0 N–H and O–H groups in total. The van der Waals surface area contributed by atoms with Crippen LogP contribution in [0.25, 0.3) is 0 Å². The molecular formula is C28H28ClNO2. The Morgan fingerprint density at radius 3 is 2.47 bits per heavy atom. The van der Waals surface area contributed by atoms with E-state index < -0.39 is 0 Å². The van der Waals surface area contributed by atoms with E-state index in [9.17, 15) is 0 Å². The van der Waals surface area contributed by atoms with Crippen LogP contribution in [-0.2, 0) is 23.2 Å². The highest BCUT2D eigenvalue weighted by Crippen LogP contribution is 2.48. The zero-order valence-corrected chi connectivity index (χ0v) is 19.1. The van der Waals surface area contributed by atoms with Crippen LogP contribution in [0, 0.1) is 0 Å². The van der Waals surface area contributed by atoms with Crippen molar-refractivity contribution in [3.63, 3.8) is 0 Å². The van der Waals surface area contributed by atoms with Crippen molar-refractivity contribution in [3.05, 3.63) is 100 Å². The van der Waals surface area contributed by atoms with Gasteiger partial charge >= 0.3 is 0 Å². The number of nitrogens with zero attached hydrogens (tertiary/aromatic N) is 1. The van der Waals surface area contributed by atoms with Crippen LogP contribution in [0.1, 0.15) is 47.9 Å². The number of rotatable bonds is 6. The fourth-order valence-corrected chi connectivity index (χ4v) is 5.57. The summed E-state index contributed by atoms with van der Waals surface area (Å²) < 4.78 is 11.9. The summed E-state index contributed by atoms with van der Waals surface area (Å²) in [7, 11) is 1.71. The third-order valence-corrected chi connectivity index (χ3v) is 7.15. The summed E-state index contributed by atoms with van der Waals surface area (Å²) in [6.07, 6.45) is 4.95. The number of aliphatic imine (C=N–C) groups is 1. The summed E-state index contributed by atoms with van der Waals surface area (Å²) in [5.74, 6) is 0.866. The third kappa shape index (κ3) is 3.96. The van der Waals surface area contributed by atoms with Crippen molar-refractivity contribution in [3.8, 4) is 5.75 Å². The molecule has 1 aliphatic heterocycles. The maximum Gasteiger partial charge on any atom is 0.153 e. The van der Waals surface area contributed by atoms with Crippen molar-refractivity contribution in [1.29, 1.82) is 0 Å². The summed E-state index contributed by atoms with van der Waals surface area (Å²) >= 11 is 6.76. The van der Waals surface area contributed by atoms with Crippen LogP contribution in [0.4, 0.5) is 0 Å². The molecule has 0 aromatic heterocycles. The van der Waals surface area contributed by atoms with Gasteiger partial charge in [-0.25, -0.2) is 0 Å². The molecule has 164 valence electrons. The van der Waals surface area contributed by atoms with E-state index in [0.717, 1.165) is 41.3 Å². The van der Waals surface area contributed by atoms with Crippen LogP contribution in [0.5, 0.6) is 5.75 Å². The van der Waals surface area contributed by atoms with Crippen LogP contribution in [0.15, 0.2) is 77.8 Å². The number of hydrogen-bond acceptors (Lipinski definition) is 3. The molecule has 4 heteroatoms. The van der Waals surface area contributed by atoms with Crippen LogP contribution in [0.2, 0.25) is 5.02 Å². The van der Waals surface area contributed by atoms with Gasteiger partial charge in [0.15, 0.2) is 6.23 Å². The summed E-state index contributed by atoms with van der Waals surface area (Å²) in [5.41, 5.74) is 5.70. The minimum atomic E-state index is -0.232. The predicted molar refractivity (Wildman–Crippen MR) is 130 cm³/mol. The number of fused-ring (bicyclic) bond motifs is 1. The average molecular weight is 446 g/mol. The Hall–Kier alpha value is -2.62. The van der Waals surface area contributed by atoms with E-state index in [1.807, 2.05) is 36.4 Å². The lowest BCUT2D eigenvalue weighted by Crippen LogP contribution is -2.38. The fraction of sp³-hybridized carbons (Fsp3) is 0.321. The Bertz CT molecular complexity index is 1120. The maximum atomic E-state index is 6.76. The SMILES string of the molecule is COc1ccc2c(c1)CC(OCc1ccccc1)N=C2C1(c2ccccc2Cl)CCCC1. The summed E-state index contributed by atoms with van der Waals surface area (Å²) in [6.45, 7) is 0.542. The van der Waals surface area contributed by atoms with Gasteiger partial charge in [0.25, 0.3) is 0 Å². The summed E-state index contributed by atoms with van der Waals surface area (Å²) in [4.78, 5) is 5.26. The first-order valence-electron chi connectivity index (χ1n) is 11.4. The molecule has 1 heterocycles. The lowest BCUT2D eigenvalue weighted by molar-refractivity contribution is 0.0454. The van der Waals surface area contributed by atoms with Crippen molar-refractivity contribution < 1.29 is 9.47 Å². The van der Waals surface area contributed by atoms with Gasteiger partial charge in [0.2, 0.25) is 0 Å². The smallest absolute Gasteiger partial charge is 0.153 e. The Labute approximate surface area is 195 Å². The molecule has 0 bridgehead atoms. The number of halogens is 1. The number of hydrogen-bond donors (Lipinski definition) is 0. The van der Waals surface area contributed by atoms with E-state index in [-0.39, 0.29) is 11.6 Å². The van der Waals surface area contributed by atoms with Crippen molar-refractivity contribution in [2.45, 2.75) is 50.4 Å². The molecule has 3 aromatic carbocycles. The quantitative estimate of drug-likeness (QED) is 0.420.